The minimum Gasteiger partial charge on any atom is -0.461 e. The predicted molar refractivity (Wildman–Crippen MR) is 193 cm³/mol. The molecule has 3 aromatic heterocycles. The van der Waals surface area contributed by atoms with Crippen LogP contribution < -0.4 is 9.64 Å². The topological polar surface area (TPSA) is 87.6 Å². The van der Waals surface area contributed by atoms with Crippen LogP contribution in [-0.2, 0) is 4.79 Å². The number of hydrogen-bond donors (Lipinski definition) is 0. The van der Waals surface area contributed by atoms with Crippen molar-refractivity contribution in [3.8, 4) is 29.6 Å². The second kappa shape index (κ2) is 13.9. The molecule has 0 bridgehead atoms. The lowest BCUT2D eigenvalue weighted by atomic mass is 9.95. The molecule has 3 aliphatic heterocycles. The van der Waals surface area contributed by atoms with E-state index in [1.54, 1.807) is 36.5 Å². The number of hydrogen-bond acceptors (Lipinski definition) is 8. The lowest BCUT2D eigenvalue weighted by Gasteiger charge is -2.31. The van der Waals surface area contributed by atoms with Crippen LogP contribution in [0, 0.1) is 18.2 Å². The summed E-state index contributed by atoms with van der Waals surface area (Å²) in [6, 6.07) is 16.1. The average molecular weight is 704 g/mol. The molecule has 3 saturated heterocycles. The van der Waals surface area contributed by atoms with Gasteiger partial charge in [0.25, 0.3) is 5.91 Å². The number of anilines is 1. The van der Waals surface area contributed by atoms with Crippen LogP contribution in [0.25, 0.3) is 39.0 Å². The molecule has 0 spiro atoms. The van der Waals surface area contributed by atoms with E-state index < -0.39 is 29.3 Å². The summed E-state index contributed by atoms with van der Waals surface area (Å²) in [5, 5.41) is 1.91. The molecule has 264 valence electrons. The zero-order valence-corrected chi connectivity index (χ0v) is 28.4. The van der Waals surface area contributed by atoms with Gasteiger partial charge in [0, 0.05) is 74.1 Å². The fraction of sp³-hybridized carbons (Fsp3) is 0.325. The van der Waals surface area contributed by atoms with Gasteiger partial charge in [-0.05, 0) is 49.4 Å². The fourth-order valence-corrected chi connectivity index (χ4v) is 7.96. The molecule has 2 atom stereocenters. The maximum Gasteiger partial charge on any atom is 0.319 e. The molecule has 0 N–H and O–H groups in total. The Hall–Kier alpha value is -5.54. The predicted octanol–water partition coefficient (Wildman–Crippen LogP) is 6.36. The lowest BCUT2D eigenvalue weighted by molar-refractivity contribution is -0.128. The quantitative estimate of drug-likeness (QED) is 0.143. The molecule has 5 aromatic rings. The van der Waals surface area contributed by atoms with Crippen molar-refractivity contribution >= 4 is 39.5 Å². The molecule has 3 aliphatic rings. The first-order valence-corrected chi connectivity index (χ1v) is 17.5. The van der Waals surface area contributed by atoms with E-state index in [0.29, 0.717) is 65.9 Å². The smallest absolute Gasteiger partial charge is 0.319 e. The number of amides is 1. The summed E-state index contributed by atoms with van der Waals surface area (Å²) in [5.74, 6) is 0.793. The van der Waals surface area contributed by atoms with Gasteiger partial charge in [-0.25, -0.2) is 13.2 Å². The summed E-state index contributed by atoms with van der Waals surface area (Å²) in [4.78, 5) is 36.7. The molecule has 9 nitrogen and oxygen atoms in total. The van der Waals surface area contributed by atoms with Crippen LogP contribution in [0.15, 0.2) is 72.8 Å². The molecule has 0 saturated carbocycles. The first kappa shape index (κ1) is 33.6. The summed E-state index contributed by atoms with van der Waals surface area (Å²) in [6.45, 7) is 2.55. The van der Waals surface area contributed by atoms with E-state index in [1.165, 1.54) is 11.1 Å². The van der Waals surface area contributed by atoms with Crippen LogP contribution in [0.3, 0.4) is 0 Å². The number of benzene rings is 2. The molecule has 0 aliphatic carbocycles. The van der Waals surface area contributed by atoms with Crippen LogP contribution >= 0.6 is 0 Å². The van der Waals surface area contributed by atoms with Crippen molar-refractivity contribution in [1.29, 1.82) is 0 Å². The van der Waals surface area contributed by atoms with Crippen LogP contribution in [0.5, 0.6) is 6.01 Å². The van der Waals surface area contributed by atoms with Gasteiger partial charge in [0.2, 0.25) is 0 Å². The minimum absolute atomic E-state index is 0.0114. The molecule has 6 heterocycles. The Morgan fingerprint density at radius 3 is 2.71 bits per heavy atom. The maximum atomic E-state index is 16.9. The number of terminal acetylenes is 1. The van der Waals surface area contributed by atoms with E-state index in [4.69, 9.17) is 16.1 Å². The molecule has 52 heavy (non-hydrogen) atoms. The molecule has 8 rings (SSSR count). The van der Waals surface area contributed by atoms with Gasteiger partial charge in [-0.2, -0.15) is 9.97 Å². The van der Waals surface area contributed by atoms with E-state index in [9.17, 15) is 9.18 Å². The number of pyridine rings is 2. The minimum atomic E-state index is -0.942. The van der Waals surface area contributed by atoms with Crippen molar-refractivity contribution in [2.24, 2.45) is 0 Å². The zero-order valence-electron chi connectivity index (χ0n) is 28.4. The van der Waals surface area contributed by atoms with E-state index in [-0.39, 0.29) is 36.9 Å². The number of nitrogens with zero attached hydrogens (tertiary/aromatic N) is 7. The highest BCUT2D eigenvalue weighted by atomic mass is 19.1. The third kappa shape index (κ3) is 6.19. The van der Waals surface area contributed by atoms with E-state index in [2.05, 4.69) is 25.8 Å². The number of carbonyl (C=O) groups excluding carboxylic acids is 1. The third-order valence-electron chi connectivity index (χ3n) is 10.4. The highest BCUT2D eigenvalue weighted by Crippen LogP contribution is 2.41. The van der Waals surface area contributed by atoms with Crippen LogP contribution in [0.1, 0.15) is 36.9 Å². The highest BCUT2D eigenvalue weighted by molar-refractivity contribution is 6.02. The maximum absolute atomic E-state index is 16.9. The fourth-order valence-electron chi connectivity index (χ4n) is 7.96. The summed E-state index contributed by atoms with van der Waals surface area (Å²) in [7, 11) is 0. The van der Waals surface area contributed by atoms with Crippen molar-refractivity contribution in [1.82, 2.24) is 29.7 Å². The van der Waals surface area contributed by atoms with Crippen molar-refractivity contribution in [3.05, 3.63) is 89.9 Å². The zero-order chi connectivity index (χ0) is 35.8. The van der Waals surface area contributed by atoms with E-state index in [1.807, 2.05) is 29.2 Å². The van der Waals surface area contributed by atoms with Gasteiger partial charge in [0.05, 0.1) is 16.6 Å². The van der Waals surface area contributed by atoms with E-state index >= 15 is 8.78 Å². The van der Waals surface area contributed by atoms with Gasteiger partial charge in [0.15, 0.2) is 11.6 Å². The van der Waals surface area contributed by atoms with E-state index in [0.717, 1.165) is 30.8 Å². The SMILES string of the molecule is C#Cc1cccc2cccc(-c3ncc4c(N5CCCN(C(=O)/C(F)=C/c6ccccn6)CC5)nc(OC[C@@]56CCCN5C[C@H](F)C6)nc4c3F)c12. The van der Waals surface area contributed by atoms with Gasteiger partial charge in [0.1, 0.15) is 29.8 Å². The first-order valence-electron chi connectivity index (χ1n) is 17.5. The van der Waals surface area contributed by atoms with Gasteiger partial charge >= 0.3 is 6.01 Å². The summed E-state index contributed by atoms with van der Waals surface area (Å²) >= 11 is 0. The Bertz CT molecular complexity index is 2240. The Balaban J connectivity index is 1.16. The monoisotopic (exact) mass is 703 g/mol. The molecular formula is C40H36F3N7O2. The molecule has 12 heteroatoms. The highest BCUT2D eigenvalue weighted by Gasteiger charge is 2.49. The second-order valence-corrected chi connectivity index (χ2v) is 13.6. The Labute approximate surface area is 299 Å². The number of halogens is 3. The largest absolute Gasteiger partial charge is 0.461 e. The average Bonchev–Trinajstić information content (AvgIpc) is 3.57. The van der Waals surface area contributed by atoms with Crippen LogP contribution in [0.2, 0.25) is 0 Å². The summed E-state index contributed by atoms with van der Waals surface area (Å²) in [6.07, 6.45) is 11.7. The summed E-state index contributed by atoms with van der Waals surface area (Å²) in [5.41, 5.74) is 1.11. The molecule has 1 amide bonds. The number of carbonyl (C=O) groups is 1. The van der Waals surface area contributed by atoms with Gasteiger partial charge in [-0.15, -0.1) is 6.42 Å². The molecular weight excluding hydrogens is 667 g/mol. The molecule has 0 radical (unpaired) electrons. The standard InChI is InChI=1S/C40H36F3N7O2/c1-2-26-9-5-10-27-11-6-13-30(33(26)27)35-34(43)36-31(23-45-35)37(47-39(46-36)52-25-40-14-7-18-50(40)24-28(41)22-40)48-16-8-17-49(20-19-48)38(51)32(42)21-29-12-3-4-15-44-29/h1,3-6,9-13,15,21,23,28H,7-8,14,16-20,22,24-25H2/b32-21-/t28-,40+/m1/s1. The Kier molecular flexibility index (Phi) is 8.97. The first-order chi connectivity index (χ1) is 25.3. The number of alkyl halides is 1. The summed E-state index contributed by atoms with van der Waals surface area (Å²) < 4.78 is 52.8. The van der Waals surface area contributed by atoms with Gasteiger partial charge in [-0.3, -0.25) is 19.7 Å². The van der Waals surface area contributed by atoms with Gasteiger partial charge < -0.3 is 14.5 Å². The Morgan fingerprint density at radius 2 is 1.88 bits per heavy atom. The molecule has 3 fully saturated rings. The number of aromatic nitrogens is 4. The number of fused-ring (bicyclic) bond motifs is 3. The van der Waals surface area contributed by atoms with Crippen molar-refractivity contribution in [2.45, 2.75) is 37.4 Å². The van der Waals surface area contributed by atoms with Crippen molar-refractivity contribution in [2.75, 3.05) is 50.8 Å². The van der Waals surface area contributed by atoms with Crippen LogP contribution in [0.4, 0.5) is 19.0 Å². The number of ether oxygens (including phenoxy) is 1. The normalized spacial score (nSPS) is 21.0. The molecule has 0 unspecified atom stereocenters. The van der Waals surface area contributed by atoms with Gasteiger partial charge in [-0.1, -0.05) is 42.3 Å². The van der Waals surface area contributed by atoms with Crippen LogP contribution in [-0.4, -0.2) is 93.2 Å². The molecule has 2 aromatic carbocycles. The lowest BCUT2D eigenvalue weighted by Crippen LogP contribution is -2.43. The number of rotatable bonds is 7. The second-order valence-electron chi connectivity index (χ2n) is 13.6. The van der Waals surface area contributed by atoms with Crippen molar-refractivity contribution < 1.29 is 22.7 Å². The Morgan fingerprint density at radius 1 is 1.02 bits per heavy atom. The van der Waals surface area contributed by atoms with Crippen molar-refractivity contribution in [3.63, 3.8) is 0 Å². The third-order valence-corrected chi connectivity index (χ3v) is 10.4.